The molecule has 0 amide bonds. The molecule has 3 heterocycles. The summed E-state index contributed by atoms with van der Waals surface area (Å²) >= 11 is 0. The third kappa shape index (κ3) is 2.81. The van der Waals surface area contributed by atoms with E-state index < -0.39 is 11.7 Å². The van der Waals surface area contributed by atoms with Gasteiger partial charge in [0.2, 0.25) is 0 Å². The van der Waals surface area contributed by atoms with Crippen LogP contribution in [-0.2, 0) is 14.3 Å². The van der Waals surface area contributed by atoms with Crippen molar-refractivity contribution in [1.82, 2.24) is 5.32 Å². The van der Waals surface area contributed by atoms with Gasteiger partial charge in [-0.05, 0) is 111 Å². The van der Waals surface area contributed by atoms with Crippen LogP contribution in [0.1, 0.15) is 112 Å². The number of carbonyl (C=O) groups excluding carboxylic acids is 1. The van der Waals surface area contributed by atoms with E-state index in [2.05, 4.69) is 39.9 Å². The molecule has 3 aliphatic heterocycles. The number of aliphatic hydroxyl groups is 1. The van der Waals surface area contributed by atoms with Crippen LogP contribution in [0.4, 0.5) is 0 Å². The Labute approximate surface area is 224 Å². The van der Waals surface area contributed by atoms with E-state index in [1.807, 2.05) is 0 Å². The average Bonchev–Trinajstić information content (AvgIpc) is 3.44. The van der Waals surface area contributed by atoms with Crippen LogP contribution in [-0.4, -0.2) is 41.2 Å². The zero-order chi connectivity index (χ0) is 26.2. The number of aliphatic hydroxyl groups excluding tert-OH is 1. The highest BCUT2D eigenvalue weighted by molar-refractivity contribution is 5.66. The minimum absolute atomic E-state index is 0.193. The molecule has 3 unspecified atom stereocenters. The number of esters is 1. The molecule has 8 bridgehead atoms. The van der Waals surface area contributed by atoms with Gasteiger partial charge in [-0.3, -0.25) is 4.79 Å². The van der Waals surface area contributed by atoms with E-state index in [9.17, 15) is 9.90 Å². The lowest BCUT2D eigenvalue weighted by Crippen LogP contribution is -2.80. The van der Waals surface area contributed by atoms with E-state index in [1.165, 1.54) is 58.3 Å². The third-order valence-corrected chi connectivity index (χ3v) is 14.6. The molecule has 0 aromatic rings. The summed E-state index contributed by atoms with van der Waals surface area (Å²) in [6, 6.07) is 1.34. The van der Waals surface area contributed by atoms with E-state index in [4.69, 9.17) is 9.47 Å². The number of carbonyl (C=O) groups is 1. The number of ether oxygens (including phenoxy) is 2. The molecule has 37 heavy (non-hydrogen) atoms. The van der Waals surface area contributed by atoms with Gasteiger partial charge >= 0.3 is 5.97 Å². The summed E-state index contributed by atoms with van der Waals surface area (Å²) in [5.41, 5.74) is 0.348. The van der Waals surface area contributed by atoms with Gasteiger partial charge in [0.1, 0.15) is 6.10 Å². The predicted octanol–water partition coefficient (Wildman–Crippen LogP) is 5.83. The Balaban J connectivity index is 1.30. The fraction of sp³-hybridized carbons (Fsp3) is 0.969. The van der Waals surface area contributed by atoms with Crippen molar-refractivity contribution in [1.29, 1.82) is 0 Å². The molecule has 208 valence electrons. The van der Waals surface area contributed by atoms with E-state index in [1.54, 1.807) is 0 Å². The zero-order valence-electron chi connectivity index (χ0n) is 24.1. The molecule has 5 heteroatoms. The van der Waals surface area contributed by atoms with Gasteiger partial charge in [-0.1, -0.05) is 34.1 Å². The molecule has 8 fully saturated rings. The van der Waals surface area contributed by atoms with Crippen LogP contribution < -0.4 is 5.32 Å². The largest absolute Gasteiger partial charge is 0.462 e. The fourth-order valence-electron chi connectivity index (χ4n) is 13.2. The molecular weight excluding hydrogens is 462 g/mol. The number of rotatable bonds is 5. The Hall–Kier alpha value is -0.650. The van der Waals surface area contributed by atoms with Gasteiger partial charge in [-0.25, -0.2) is 0 Å². The van der Waals surface area contributed by atoms with Crippen molar-refractivity contribution in [3.05, 3.63) is 0 Å². The molecular formula is C32H51NO4. The van der Waals surface area contributed by atoms with Gasteiger partial charge in [0, 0.05) is 24.9 Å². The quantitative estimate of drug-likeness (QED) is 0.453. The van der Waals surface area contributed by atoms with Crippen molar-refractivity contribution in [2.24, 2.45) is 51.2 Å². The Morgan fingerprint density at radius 3 is 2.57 bits per heavy atom. The van der Waals surface area contributed by atoms with Gasteiger partial charge in [0.25, 0.3) is 0 Å². The lowest BCUT2D eigenvalue weighted by atomic mass is 9.33. The smallest absolute Gasteiger partial charge is 0.302 e. The molecule has 2 N–H and O–H groups in total. The van der Waals surface area contributed by atoms with Crippen LogP contribution in [0.2, 0.25) is 0 Å². The molecule has 0 aromatic carbocycles. The molecule has 5 nitrogen and oxygen atoms in total. The summed E-state index contributed by atoms with van der Waals surface area (Å²) in [6.07, 6.45) is 12.6. The van der Waals surface area contributed by atoms with Crippen molar-refractivity contribution in [2.75, 3.05) is 0 Å². The number of piperidine rings is 2. The highest BCUT2D eigenvalue weighted by Crippen LogP contribution is 2.81. The van der Waals surface area contributed by atoms with Gasteiger partial charge in [-0.2, -0.15) is 0 Å². The standard InChI is InChI=1S/C32H51NO4/c1-18(2)20-9-14-28(4)21-10-16-31-13-7-8-23(31)32(28,25(20)33-26(21)31)17-11-22-29(5)15-12-24(36-19(3)34)30(22,6)27(35)37-29/h18,20-27,33,35H,7-17H2,1-6H3/t20-,21?,22?,23-,24-,25-,26?,27-,28+,29-,30+,31-,32+/m1/s1. The maximum atomic E-state index is 12.1. The molecule has 8 aliphatic rings. The normalized spacial score (nSPS) is 59.1. The van der Waals surface area contributed by atoms with Crippen molar-refractivity contribution in [3.63, 3.8) is 0 Å². The number of fused-ring (bicyclic) bond motifs is 2. The Morgan fingerprint density at radius 1 is 1.05 bits per heavy atom. The maximum Gasteiger partial charge on any atom is 0.302 e. The molecule has 5 saturated carbocycles. The third-order valence-electron chi connectivity index (χ3n) is 14.6. The van der Waals surface area contributed by atoms with Gasteiger partial charge in [0.05, 0.1) is 11.0 Å². The molecule has 3 saturated heterocycles. The second-order valence-electron chi connectivity index (χ2n) is 15.7. The second-order valence-corrected chi connectivity index (χ2v) is 15.7. The Morgan fingerprint density at radius 2 is 1.84 bits per heavy atom. The molecule has 8 rings (SSSR count). The van der Waals surface area contributed by atoms with Crippen LogP contribution in [0.15, 0.2) is 0 Å². The van der Waals surface area contributed by atoms with Crippen molar-refractivity contribution in [3.8, 4) is 0 Å². The van der Waals surface area contributed by atoms with Crippen molar-refractivity contribution < 1.29 is 19.4 Å². The number of hydrogen-bond acceptors (Lipinski definition) is 5. The second kappa shape index (κ2) is 7.75. The van der Waals surface area contributed by atoms with E-state index in [-0.39, 0.29) is 23.6 Å². The topological polar surface area (TPSA) is 67.8 Å². The summed E-state index contributed by atoms with van der Waals surface area (Å²) in [6.45, 7) is 13.5. The lowest BCUT2D eigenvalue weighted by Gasteiger charge is -2.76. The zero-order valence-corrected chi connectivity index (χ0v) is 24.1. The van der Waals surface area contributed by atoms with Crippen molar-refractivity contribution in [2.45, 2.75) is 142 Å². The highest BCUT2D eigenvalue weighted by Gasteiger charge is 2.80. The molecule has 5 aliphatic carbocycles. The Bertz CT molecular complexity index is 984. The SMILES string of the molecule is CC(=O)O[C@@H]1CC[C@@]2(C)O[C@@H](O)[C@@]1(C)C2CC[C@@]12[C@@H]3NC4C(CC[C@@]45CCC[C@H]51)[C@]2(C)CC[C@@H]3C(C)C. The molecule has 0 aromatic heterocycles. The molecule has 0 radical (unpaired) electrons. The summed E-state index contributed by atoms with van der Waals surface area (Å²) in [5, 5.41) is 15.7. The van der Waals surface area contributed by atoms with E-state index in [0.717, 1.165) is 43.1 Å². The van der Waals surface area contributed by atoms with Crippen LogP contribution in [0, 0.1) is 51.2 Å². The summed E-state index contributed by atoms with van der Waals surface area (Å²) in [7, 11) is 0. The first kappa shape index (κ1) is 25.3. The van der Waals surface area contributed by atoms with Crippen LogP contribution in [0.5, 0.6) is 0 Å². The minimum atomic E-state index is -0.875. The van der Waals surface area contributed by atoms with E-state index in [0.29, 0.717) is 28.2 Å². The lowest BCUT2D eigenvalue weighted by molar-refractivity contribution is -0.249. The molecule has 13 atom stereocenters. The predicted molar refractivity (Wildman–Crippen MR) is 142 cm³/mol. The summed E-state index contributed by atoms with van der Waals surface area (Å²) in [5.74, 6) is 3.05. The average molecular weight is 514 g/mol. The highest BCUT2D eigenvalue weighted by atomic mass is 16.6. The van der Waals surface area contributed by atoms with Crippen molar-refractivity contribution >= 4 is 5.97 Å². The van der Waals surface area contributed by atoms with Gasteiger partial charge < -0.3 is 19.9 Å². The van der Waals surface area contributed by atoms with Crippen LogP contribution in [0.25, 0.3) is 0 Å². The first-order valence-corrected chi connectivity index (χ1v) is 15.7. The Kier molecular flexibility index (Phi) is 5.31. The maximum absolute atomic E-state index is 12.1. The fourth-order valence-corrected chi connectivity index (χ4v) is 13.2. The summed E-state index contributed by atoms with van der Waals surface area (Å²) < 4.78 is 12.3. The number of hydrogen-bond donors (Lipinski definition) is 2. The minimum Gasteiger partial charge on any atom is -0.462 e. The van der Waals surface area contributed by atoms with Crippen LogP contribution >= 0.6 is 0 Å². The van der Waals surface area contributed by atoms with Gasteiger partial charge in [0.15, 0.2) is 6.29 Å². The van der Waals surface area contributed by atoms with Crippen LogP contribution in [0.3, 0.4) is 0 Å². The monoisotopic (exact) mass is 513 g/mol. The molecule has 1 spiro atoms. The first-order chi connectivity index (χ1) is 17.4. The summed E-state index contributed by atoms with van der Waals surface area (Å²) in [4.78, 5) is 12.1. The first-order valence-electron chi connectivity index (χ1n) is 15.7. The van der Waals surface area contributed by atoms with Gasteiger partial charge in [-0.15, -0.1) is 0 Å². The van der Waals surface area contributed by atoms with E-state index >= 15 is 0 Å². The number of nitrogens with one attached hydrogen (secondary N) is 1.